The molecule has 4 rings (SSSR count). The highest BCUT2D eigenvalue weighted by Crippen LogP contribution is 2.48. The Morgan fingerprint density at radius 2 is 1.83 bits per heavy atom. The largest absolute Gasteiger partial charge is 0.373 e. The number of ether oxygens (including phenoxy) is 1. The Kier molecular flexibility index (Phi) is 3.46. The Morgan fingerprint density at radius 1 is 1.22 bits per heavy atom. The van der Waals surface area contributed by atoms with Gasteiger partial charge in [0.25, 0.3) is 0 Å². The van der Waals surface area contributed by atoms with Crippen molar-refractivity contribution in [2.24, 2.45) is 11.8 Å². The highest BCUT2D eigenvalue weighted by atomic mass is 16.5. The number of carbonyl (C=O) groups excluding carboxylic acids is 3. The van der Waals surface area contributed by atoms with E-state index in [1.807, 2.05) is 6.92 Å². The van der Waals surface area contributed by atoms with Crippen molar-refractivity contribution in [3.63, 3.8) is 0 Å². The first-order valence-electron chi connectivity index (χ1n) is 8.53. The fourth-order valence-corrected chi connectivity index (χ4v) is 4.62. The van der Waals surface area contributed by atoms with E-state index in [2.05, 4.69) is 5.32 Å². The Labute approximate surface area is 135 Å². The van der Waals surface area contributed by atoms with Crippen LogP contribution in [0.15, 0.2) is 0 Å². The summed E-state index contributed by atoms with van der Waals surface area (Å²) in [7, 11) is 0. The molecule has 0 aromatic rings. The quantitative estimate of drug-likeness (QED) is 0.684. The highest BCUT2D eigenvalue weighted by molar-refractivity contribution is 6.09. The molecule has 0 aromatic heterocycles. The maximum atomic E-state index is 12.7. The van der Waals surface area contributed by atoms with Gasteiger partial charge in [0.05, 0.1) is 24.0 Å². The topological polar surface area (TPSA) is 79.0 Å². The molecule has 6 unspecified atom stereocenters. The van der Waals surface area contributed by atoms with E-state index in [1.54, 1.807) is 11.8 Å². The van der Waals surface area contributed by atoms with Gasteiger partial charge < -0.3 is 15.0 Å². The van der Waals surface area contributed by atoms with Gasteiger partial charge in [-0.05, 0) is 26.7 Å². The summed E-state index contributed by atoms with van der Waals surface area (Å²) in [4.78, 5) is 41.2. The van der Waals surface area contributed by atoms with Gasteiger partial charge in [-0.3, -0.25) is 19.3 Å². The summed E-state index contributed by atoms with van der Waals surface area (Å²) < 4.78 is 5.73. The third kappa shape index (κ3) is 2.13. The lowest BCUT2D eigenvalue weighted by molar-refractivity contribution is -0.153. The average Bonchev–Trinajstić information content (AvgIpc) is 3.20. The lowest BCUT2D eigenvalue weighted by Gasteiger charge is -2.35. The van der Waals surface area contributed by atoms with Crippen molar-refractivity contribution < 1.29 is 19.1 Å². The molecule has 2 bridgehead atoms. The number of nitrogens with zero attached hydrogens (tertiary/aromatic N) is 2. The van der Waals surface area contributed by atoms with Crippen molar-refractivity contribution in [3.8, 4) is 0 Å². The zero-order valence-corrected chi connectivity index (χ0v) is 13.5. The molecule has 23 heavy (non-hydrogen) atoms. The Balaban J connectivity index is 1.52. The number of rotatable bonds is 2. The molecule has 0 saturated carbocycles. The Bertz CT molecular complexity index is 538. The zero-order valence-electron chi connectivity index (χ0n) is 13.5. The van der Waals surface area contributed by atoms with Gasteiger partial charge in [0.2, 0.25) is 17.7 Å². The van der Waals surface area contributed by atoms with Crippen LogP contribution in [0, 0.1) is 11.8 Å². The first kappa shape index (κ1) is 15.1. The minimum Gasteiger partial charge on any atom is -0.373 e. The molecule has 4 aliphatic rings. The molecule has 7 heteroatoms. The van der Waals surface area contributed by atoms with E-state index in [0.29, 0.717) is 13.1 Å². The third-order valence-electron chi connectivity index (χ3n) is 5.74. The molecular formula is C16H23N3O4. The van der Waals surface area contributed by atoms with Gasteiger partial charge in [-0.15, -0.1) is 0 Å². The van der Waals surface area contributed by atoms with Gasteiger partial charge in [-0.25, -0.2) is 0 Å². The van der Waals surface area contributed by atoms with E-state index in [0.717, 1.165) is 19.4 Å². The number of piperazine rings is 1. The minimum atomic E-state index is -0.717. The van der Waals surface area contributed by atoms with Crippen molar-refractivity contribution in [3.05, 3.63) is 0 Å². The van der Waals surface area contributed by atoms with Crippen LogP contribution in [-0.4, -0.2) is 71.4 Å². The number of hydrogen-bond donors (Lipinski definition) is 1. The molecule has 1 N–H and O–H groups in total. The summed E-state index contributed by atoms with van der Waals surface area (Å²) in [6.45, 7) is 5.67. The van der Waals surface area contributed by atoms with Crippen LogP contribution in [-0.2, 0) is 19.1 Å². The van der Waals surface area contributed by atoms with E-state index in [4.69, 9.17) is 4.74 Å². The molecular weight excluding hydrogens is 298 g/mol. The van der Waals surface area contributed by atoms with Crippen LogP contribution in [0.4, 0.5) is 0 Å². The number of nitrogens with one attached hydrogen (secondary N) is 1. The second kappa shape index (κ2) is 5.27. The third-order valence-corrected chi connectivity index (χ3v) is 5.74. The van der Waals surface area contributed by atoms with Crippen LogP contribution < -0.4 is 5.32 Å². The van der Waals surface area contributed by atoms with E-state index in [9.17, 15) is 14.4 Å². The van der Waals surface area contributed by atoms with Crippen LogP contribution >= 0.6 is 0 Å². The SMILES string of the molecule is CC1CN(C(=O)C(C)N2C(=O)C3C4CCC(O4)C3C2=O)CCN1. The lowest BCUT2D eigenvalue weighted by Crippen LogP contribution is -2.57. The van der Waals surface area contributed by atoms with E-state index in [1.165, 1.54) is 4.90 Å². The molecule has 126 valence electrons. The number of imide groups is 1. The van der Waals surface area contributed by atoms with Crippen molar-refractivity contribution >= 4 is 17.7 Å². The second-order valence-electron chi connectivity index (χ2n) is 7.20. The molecule has 3 amide bonds. The standard InChI is InChI=1S/C16H23N3O4/c1-8-7-18(6-5-17-8)14(20)9(2)19-15(21)12-10-3-4-11(23-10)13(12)16(19)22/h8-13,17H,3-7H2,1-2H3. The van der Waals surface area contributed by atoms with Crippen molar-refractivity contribution in [1.82, 2.24) is 15.1 Å². The second-order valence-corrected chi connectivity index (χ2v) is 7.20. The monoisotopic (exact) mass is 321 g/mol. The fourth-order valence-electron chi connectivity index (χ4n) is 4.62. The summed E-state index contributed by atoms with van der Waals surface area (Å²) >= 11 is 0. The van der Waals surface area contributed by atoms with Gasteiger partial charge in [0.1, 0.15) is 6.04 Å². The molecule has 4 aliphatic heterocycles. The molecule has 6 atom stereocenters. The number of amides is 3. The summed E-state index contributed by atoms with van der Waals surface area (Å²) in [5, 5.41) is 3.29. The average molecular weight is 321 g/mol. The summed E-state index contributed by atoms with van der Waals surface area (Å²) in [6, 6.07) is -0.487. The van der Waals surface area contributed by atoms with E-state index in [-0.39, 0.29) is 47.8 Å². The fraction of sp³-hybridized carbons (Fsp3) is 0.812. The molecule has 0 aromatic carbocycles. The normalized spacial score (nSPS) is 40.7. The summed E-state index contributed by atoms with van der Waals surface area (Å²) in [6.07, 6.45) is 1.42. The van der Waals surface area contributed by atoms with Crippen LogP contribution in [0.1, 0.15) is 26.7 Å². The van der Waals surface area contributed by atoms with Crippen LogP contribution in [0.5, 0.6) is 0 Å². The molecule has 0 aliphatic carbocycles. The predicted octanol–water partition coefficient (Wildman–Crippen LogP) is -0.642. The molecule has 4 saturated heterocycles. The first-order chi connectivity index (χ1) is 11.0. The van der Waals surface area contributed by atoms with Gasteiger partial charge in [0.15, 0.2) is 0 Å². The molecule has 4 fully saturated rings. The zero-order chi connectivity index (χ0) is 16.3. The highest BCUT2D eigenvalue weighted by Gasteiger charge is 2.63. The maximum Gasteiger partial charge on any atom is 0.245 e. The van der Waals surface area contributed by atoms with Gasteiger partial charge >= 0.3 is 0 Å². The van der Waals surface area contributed by atoms with Gasteiger partial charge in [0, 0.05) is 25.7 Å². The van der Waals surface area contributed by atoms with Crippen LogP contribution in [0.2, 0.25) is 0 Å². The molecule has 4 heterocycles. The molecule has 7 nitrogen and oxygen atoms in total. The van der Waals surface area contributed by atoms with Gasteiger partial charge in [-0.1, -0.05) is 0 Å². The maximum absolute atomic E-state index is 12.7. The smallest absolute Gasteiger partial charge is 0.245 e. The minimum absolute atomic E-state index is 0.131. The van der Waals surface area contributed by atoms with Crippen molar-refractivity contribution in [1.29, 1.82) is 0 Å². The number of hydrogen-bond acceptors (Lipinski definition) is 5. The molecule has 0 radical (unpaired) electrons. The number of carbonyl (C=O) groups is 3. The van der Waals surface area contributed by atoms with E-state index >= 15 is 0 Å². The summed E-state index contributed by atoms with van der Waals surface area (Å²) in [5.41, 5.74) is 0. The van der Waals surface area contributed by atoms with Crippen LogP contribution in [0.3, 0.4) is 0 Å². The first-order valence-corrected chi connectivity index (χ1v) is 8.53. The van der Waals surface area contributed by atoms with Crippen LogP contribution in [0.25, 0.3) is 0 Å². The van der Waals surface area contributed by atoms with Crippen molar-refractivity contribution in [2.75, 3.05) is 19.6 Å². The van der Waals surface area contributed by atoms with Gasteiger partial charge in [-0.2, -0.15) is 0 Å². The predicted molar refractivity (Wildman–Crippen MR) is 80.2 cm³/mol. The Morgan fingerprint density at radius 3 is 2.39 bits per heavy atom. The number of fused-ring (bicyclic) bond motifs is 5. The van der Waals surface area contributed by atoms with E-state index < -0.39 is 6.04 Å². The summed E-state index contributed by atoms with van der Waals surface area (Å²) in [5.74, 6) is -1.28. The lowest BCUT2D eigenvalue weighted by atomic mass is 9.81. The Hall–Kier alpha value is -1.47. The number of likely N-dealkylation sites (tertiary alicyclic amines) is 1. The van der Waals surface area contributed by atoms with Crippen molar-refractivity contribution in [2.45, 2.75) is 51.0 Å². The molecule has 0 spiro atoms.